The molecule has 0 radical (unpaired) electrons. The zero-order valence-corrected chi connectivity index (χ0v) is 8.62. The highest BCUT2D eigenvalue weighted by Crippen LogP contribution is 1.52. The maximum Gasteiger partial charge on any atom is 0.233 e. The highest BCUT2D eigenvalue weighted by Gasteiger charge is 1.88. The first-order valence-electron chi connectivity index (χ1n) is 4.16. The second-order valence-electron chi connectivity index (χ2n) is 1.20. The van der Waals surface area contributed by atoms with Crippen LogP contribution >= 0.6 is 0 Å². The van der Waals surface area contributed by atoms with Gasteiger partial charge < -0.3 is 10.6 Å². The minimum atomic E-state index is 0.0162. The Morgan fingerprint density at radius 1 is 1.09 bits per heavy atom. The van der Waals surface area contributed by atoms with Gasteiger partial charge in [-0.05, 0) is 7.05 Å². The Bertz CT molecular complexity index is 65.1. The smallest absolute Gasteiger partial charge is 0.233 e. The van der Waals surface area contributed by atoms with Gasteiger partial charge in [0.05, 0.1) is 6.54 Å². The molecule has 0 aromatic carbocycles. The molecule has 1 amide bonds. The lowest BCUT2D eigenvalue weighted by Crippen LogP contribution is -2.28. The van der Waals surface area contributed by atoms with E-state index in [0.717, 1.165) is 0 Å². The number of carbonyl (C=O) groups excluding carboxylic acids is 1. The Morgan fingerprint density at radius 3 is 1.55 bits per heavy atom. The average molecular weight is 162 g/mol. The molecule has 0 atom stereocenters. The Kier molecular flexibility index (Phi) is 34.7. The van der Waals surface area contributed by atoms with Crippen molar-refractivity contribution in [2.75, 3.05) is 20.6 Å². The monoisotopic (exact) mass is 162 g/mol. The third-order valence-electron chi connectivity index (χ3n) is 0.616. The van der Waals surface area contributed by atoms with Gasteiger partial charge in [0, 0.05) is 7.05 Å². The van der Waals surface area contributed by atoms with E-state index in [2.05, 4.69) is 10.6 Å². The highest BCUT2D eigenvalue weighted by atomic mass is 16.1. The summed E-state index contributed by atoms with van der Waals surface area (Å²) in [5.41, 5.74) is 0. The van der Waals surface area contributed by atoms with E-state index < -0.39 is 0 Å². The molecule has 0 heterocycles. The van der Waals surface area contributed by atoms with Crippen molar-refractivity contribution >= 4 is 5.91 Å². The van der Waals surface area contributed by atoms with Crippen LogP contribution in [0.3, 0.4) is 0 Å². The van der Waals surface area contributed by atoms with E-state index in [1.165, 1.54) is 0 Å². The molecule has 0 aromatic rings. The average Bonchev–Trinajstić information content (AvgIpc) is 2.12. The van der Waals surface area contributed by atoms with Gasteiger partial charge in [-0.1, -0.05) is 27.7 Å². The molecule has 0 saturated heterocycles. The van der Waals surface area contributed by atoms with Crippen LogP contribution in [0.15, 0.2) is 0 Å². The normalized spacial score (nSPS) is 6.36. The Hall–Kier alpha value is -0.570. The molecule has 0 aromatic heterocycles. The third-order valence-corrected chi connectivity index (χ3v) is 0.616. The van der Waals surface area contributed by atoms with Gasteiger partial charge in [0.15, 0.2) is 0 Å². The van der Waals surface area contributed by atoms with Crippen molar-refractivity contribution in [3.05, 3.63) is 0 Å². The molecule has 3 nitrogen and oxygen atoms in total. The molecular formula is C8H22N2O. The highest BCUT2D eigenvalue weighted by molar-refractivity contribution is 5.77. The van der Waals surface area contributed by atoms with Crippen molar-refractivity contribution in [2.24, 2.45) is 0 Å². The molecule has 11 heavy (non-hydrogen) atoms. The van der Waals surface area contributed by atoms with Crippen LogP contribution in [0, 0.1) is 0 Å². The van der Waals surface area contributed by atoms with E-state index in [0.29, 0.717) is 6.54 Å². The van der Waals surface area contributed by atoms with E-state index in [9.17, 15) is 4.79 Å². The van der Waals surface area contributed by atoms with Crippen molar-refractivity contribution < 1.29 is 4.79 Å². The first-order valence-corrected chi connectivity index (χ1v) is 4.16. The molecule has 0 aliphatic carbocycles. The van der Waals surface area contributed by atoms with Crippen LogP contribution in [-0.2, 0) is 4.79 Å². The largest absolute Gasteiger partial charge is 0.358 e. The molecule has 0 aliphatic heterocycles. The van der Waals surface area contributed by atoms with Gasteiger partial charge >= 0.3 is 0 Å². The van der Waals surface area contributed by atoms with Crippen molar-refractivity contribution in [3.63, 3.8) is 0 Å². The predicted molar refractivity (Wildman–Crippen MR) is 50.7 cm³/mol. The number of hydrogen-bond donors (Lipinski definition) is 2. The van der Waals surface area contributed by atoms with Crippen molar-refractivity contribution in [1.29, 1.82) is 0 Å². The summed E-state index contributed by atoms with van der Waals surface area (Å²) in [6.45, 7) is 8.40. The molecule has 3 heteroatoms. The Morgan fingerprint density at radius 2 is 1.45 bits per heavy atom. The molecule has 0 fully saturated rings. The quantitative estimate of drug-likeness (QED) is 0.636. The van der Waals surface area contributed by atoms with Crippen LogP contribution < -0.4 is 10.6 Å². The second-order valence-corrected chi connectivity index (χ2v) is 1.20. The van der Waals surface area contributed by atoms with Gasteiger partial charge in [-0.3, -0.25) is 4.79 Å². The summed E-state index contributed by atoms with van der Waals surface area (Å²) in [5, 5.41) is 5.17. The van der Waals surface area contributed by atoms with Gasteiger partial charge in [-0.25, -0.2) is 0 Å². The molecule has 0 aliphatic rings. The molecule has 0 spiro atoms. The minimum absolute atomic E-state index is 0.0162. The molecule has 70 valence electrons. The zero-order chi connectivity index (χ0) is 9.70. The lowest BCUT2D eigenvalue weighted by Gasteiger charge is -1.93. The molecule has 0 rings (SSSR count). The summed E-state index contributed by atoms with van der Waals surface area (Å²) in [6.07, 6.45) is 0. The van der Waals surface area contributed by atoms with E-state index in [-0.39, 0.29) is 5.91 Å². The van der Waals surface area contributed by atoms with E-state index in [1.54, 1.807) is 14.1 Å². The van der Waals surface area contributed by atoms with Crippen LogP contribution in [0.5, 0.6) is 0 Å². The summed E-state index contributed by atoms with van der Waals surface area (Å²) >= 11 is 0. The Balaban J connectivity index is -0.000000138. The van der Waals surface area contributed by atoms with Gasteiger partial charge in [-0.15, -0.1) is 0 Å². The number of nitrogens with one attached hydrogen (secondary N) is 2. The summed E-state index contributed by atoms with van der Waals surface area (Å²) in [5.74, 6) is 0.0162. The molecule has 2 N–H and O–H groups in total. The van der Waals surface area contributed by atoms with Crippen LogP contribution in [0.4, 0.5) is 0 Å². The maximum absolute atomic E-state index is 10.2. The molecule has 0 bridgehead atoms. The summed E-state index contributed by atoms with van der Waals surface area (Å²) in [4.78, 5) is 10.2. The number of hydrogen-bond acceptors (Lipinski definition) is 2. The molecular weight excluding hydrogens is 140 g/mol. The predicted octanol–water partition coefficient (Wildman–Crippen LogP) is 1.00. The fraction of sp³-hybridized carbons (Fsp3) is 0.875. The van der Waals surface area contributed by atoms with Crippen LogP contribution in [0.25, 0.3) is 0 Å². The lowest BCUT2D eigenvalue weighted by molar-refractivity contribution is -0.119. The first-order chi connectivity index (χ1) is 5.31. The number of rotatable bonds is 2. The third kappa shape index (κ3) is 26.5. The second kappa shape index (κ2) is 22.7. The summed E-state index contributed by atoms with van der Waals surface area (Å²) in [6, 6.07) is 0. The summed E-state index contributed by atoms with van der Waals surface area (Å²) in [7, 11) is 3.34. The van der Waals surface area contributed by atoms with E-state index in [1.807, 2.05) is 27.7 Å². The summed E-state index contributed by atoms with van der Waals surface area (Å²) < 4.78 is 0. The van der Waals surface area contributed by atoms with Crippen molar-refractivity contribution in [2.45, 2.75) is 27.7 Å². The minimum Gasteiger partial charge on any atom is -0.358 e. The van der Waals surface area contributed by atoms with Gasteiger partial charge in [0.1, 0.15) is 0 Å². The van der Waals surface area contributed by atoms with Crippen LogP contribution in [-0.4, -0.2) is 26.5 Å². The van der Waals surface area contributed by atoms with Gasteiger partial charge in [0.2, 0.25) is 5.91 Å². The Labute approximate surface area is 70.6 Å². The maximum atomic E-state index is 10.2. The van der Waals surface area contributed by atoms with Crippen molar-refractivity contribution in [1.82, 2.24) is 10.6 Å². The fourth-order valence-electron chi connectivity index (χ4n) is 0.249. The van der Waals surface area contributed by atoms with E-state index >= 15 is 0 Å². The van der Waals surface area contributed by atoms with Gasteiger partial charge in [0.25, 0.3) is 0 Å². The van der Waals surface area contributed by atoms with Crippen molar-refractivity contribution in [3.8, 4) is 0 Å². The lowest BCUT2D eigenvalue weighted by atomic mass is 10.6. The number of carbonyl (C=O) groups is 1. The topological polar surface area (TPSA) is 41.1 Å². The van der Waals surface area contributed by atoms with Crippen LogP contribution in [0.2, 0.25) is 0 Å². The zero-order valence-electron chi connectivity index (χ0n) is 8.62. The standard InChI is InChI=1S/C4H10N2O.2C2H6/c1-5-3-4(7)6-2;2*1-2/h5H,3H2,1-2H3,(H,6,7);2*1-2H3. The SMILES string of the molecule is CC.CC.CNCC(=O)NC. The number of amides is 1. The van der Waals surface area contributed by atoms with Crippen LogP contribution in [0.1, 0.15) is 27.7 Å². The number of likely N-dealkylation sites (N-methyl/N-ethyl adjacent to an activating group) is 2. The van der Waals surface area contributed by atoms with Gasteiger partial charge in [-0.2, -0.15) is 0 Å². The molecule has 0 unspecified atom stereocenters. The fourth-order valence-corrected chi connectivity index (χ4v) is 0.249. The van der Waals surface area contributed by atoms with E-state index in [4.69, 9.17) is 0 Å². The first kappa shape index (κ1) is 16.8. The molecule has 0 saturated carbocycles.